The van der Waals surface area contributed by atoms with E-state index in [0.29, 0.717) is 17.9 Å². The molecule has 5 nitrogen and oxygen atoms in total. The molecule has 1 aromatic heterocycles. The van der Waals surface area contributed by atoms with Crippen LogP contribution in [0.4, 0.5) is 5.95 Å². The van der Waals surface area contributed by atoms with Gasteiger partial charge in [-0.05, 0) is 55.7 Å². The second kappa shape index (κ2) is 7.53. The summed E-state index contributed by atoms with van der Waals surface area (Å²) >= 11 is 0. The van der Waals surface area contributed by atoms with Crippen molar-refractivity contribution in [3.63, 3.8) is 0 Å². The summed E-state index contributed by atoms with van der Waals surface area (Å²) in [5, 5.41) is 3.37. The number of carbonyl (C=O) groups excluding carboxylic acids is 1. The molecular formula is C22H32N4O. The number of carbonyl (C=O) groups is 1. The molecule has 1 aromatic carbocycles. The Balaban J connectivity index is 1.34. The summed E-state index contributed by atoms with van der Waals surface area (Å²) in [5.74, 6) is 2.63. The zero-order valence-electron chi connectivity index (χ0n) is 16.8. The molecule has 1 aliphatic carbocycles. The third kappa shape index (κ3) is 3.83. The third-order valence-corrected chi connectivity index (χ3v) is 6.82. The number of anilines is 1. The van der Waals surface area contributed by atoms with E-state index in [2.05, 4.69) is 54.2 Å². The van der Waals surface area contributed by atoms with Gasteiger partial charge < -0.3 is 15.2 Å². The molecule has 4 rings (SSSR count). The number of H-pyrrole nitrogens is 1. The lowest BCUT2D eigenvalue weighted by Crippen LogP contribution is -2.48. The molecule has 1 saturated heterocycles. The monoisotopic (exact) mass is 368 g/mol. The van der Waals surface area contributed by atoms with Crippen LogP contribution in [-0.4, -0.2) is 35.0 Å². The van der Waals surface area contributed by atoms with Gasteiger partial charge in [-0.15, -0.1) is 0 Å². The SMILES string of the molecule is Cc1ccc2nc(N3CCC(C(=O)N[C@@H]4CCC[C@H](C)[C@@H]4C)CC3)[nH]c2c1. The molecule has 1 saturated carbocycles. The van der Waals surface area contributed by atoms with Gasteiger partial charge in [0.05, 0.1) is 11.0 Å². The number of rotatable bonds is 3. The lowest BCUT2D eigenvalue weighted by Gasteiger charge is -2.37. The van der Waals surface area contributed by atoms with Crippen molar-refractivity contribution < 1.29 is 4.79 Å². The lowest BCUT2D eigenvalue weighted by atomic mass is 9.78. The molecule has 1 amide bonds. The van der Waals surface area contributed by atoms with Crippen molar-refractivity contribution in [1.82, 2.24) is 15.3 Å². The summed E-state index contributed by atoms with van der Waals surface area (Å²) in [5.41, 5.74) is 3.33. The number of aryl methyl sites for hydroxylation is 1. The van der Waals surface area contributed by atoms with Crippen LogP contribution in [0.1, 0.15) is 51.5 Å². The van der Waals surface area contributed by atoms with E-state index in [4.69, 9.17) is 4.98 Å². The minimum absolute atomic E-state index is 0.136. The van der Waals surface area contributed by atoms with Gasteiger partial charge in [-0.25, -0.2) is 4.98 Å². The van der Waals surface area contributed by atoms with Crippen molar-refractivity contribution in [3.8, 4) is 0 Å². The maximum atomic E-state index is 12.8. The molecule has 2 fully saturated rings. The first-order valence-corrected chi connectivity index (χ1v) is 10.5. The zero-order valence-corrected chi connectivity index (χ0v) is 16.8. The number of nitrogens with zero attached hydrogens (tertiary/aromatic N) is 2. The van der Waals surface area contributed by atoms with E-state index in [0.717, 1.165) is 49.3 Å². The van der Waals surface area contributed by atoms with Crippen LogP contribution in [0.2, 0.25) is 0 Å². The Morgan fingerprint density at radius 1 is 1.19 bits per heavy atom. The number of hydrogen-bond donors (Lipinski definition) is 2. The number of amides is 1. The molecule has 0 spiro atoms. The average molecular weight is 369 g/mol. The standard InChI is InChI=1S/C22H32N4O/c1-14-7-8-19-20(13-14)25-22(24-19)26-11-9-17(10-12-26)21(27)23-18-6-4-5-15(2)16(18)3/h7-8,13,15-18H,4-6,9-12H2,1-3H3,(H,23,27)(H,24,25)/t15-,16-,18+/m0/s1. The third-order valence-electron chi connectivity index (χ3n) is 6.82. The fourth-order valence-electron chi connectivity index (χ4n) is 4.70. The van der Waals surface area contributed by atoms with Crippen LogP contribution < -0.4 is 10.2 Å². The Morgan fingerprint density at radius 3 is 2.74 bits per heavy atom. The summed E-state index contributed by atoms with van der Waals surface area (Å²) in [6, 6.07) is 6.66. The first-order valence-electron chi connectivity index (χ1n) is 10.5. The van der Waals surface area contributed by atoms with Gasteiger partial charge in [-0.2, -0.15) is 0 Å². The molecule has 5 heteroatoms. The summed E-state index contributed by atoms with van der Waals surface area (Å²) in [7, 11) is 0. The molecule has 0 radical (unpaired) electrons. The molecule has 0 unspecified atom stereocenters. The number of fused-ring (bicyclic) bond motifs is 1. The van der Waals surface area contributed by atoms with Gasteiger partial charge in [0.25, 0.3) is 0 Å². The van der Waals surface area contributed by atoms with Crippen LogP contribution in [-0.2, 0) is 4.79 Å². The minimum Gasteiger partial charge on any atom is -0.353 e. The van der Waals surface area contributed by atoms with Crippen LogP contribution in [0.25, 0.3) is 11.0 Å². The number of benzene rings is 1. The zero-order chi connectivity index (χ0) is 19.0. The maximum absolute atomic E-state index is 12.8. The van der Waals surface area contributed by atoms with Gasteiger partial charge in [0.15, 0.2) is 0 Å². The number of aromatic amines is 1. The summed E-state index contributed by atoms with van der Waals surface area (Å²) in [6.07, 6.45) is 5.47. The highest BCUT2D eigenvalue weighted by atomic mass is 16.2. The molecule has 2 aliphatic rings. The molecular weight excluding hydrogens is 336 g/mol. The van der Waals surface area contributed by atoms with E-state index in [1.54, 1.807) is 0 Å². The van der Waals surface area contributed by atoms with E-state index in [1.165, 1.54) is 18.4 Å². The Hall–Kier alpha value is -2.04. The van der Waals surface area contributed by atoms with Crippen LogP contribution in [0, 0.1) is 24.7 Å². The normalized spacial score (nSPS) is 27.1. The van der Waals surface area contributed by atoms with E-state index >= 15 is 0 Å². The topological polar surface area (TPSA) is 61.0 Å². The number of imidazole rings is 1. The number of nitrogens with one attached hydrogen (secondary N) is 2. The van der Waals surface area contributed by atoms with E-state index in [1.807, 2.05) is 0 Å². The average Bonchev–Trinajstić information content (AvgIpc) is 3.08. The molecule has 0 bridgehead atoms. The largest absolute Gasteiger partial charge is 0.353 e. The van der Waals surface area contributed by atoms with Gasteiger partial charge in [-0.1, -0.05) is 32.8 Å². The Labute approximate surface area is 161 Å². The molecule has 146 valence electrons. The van der Waals surface area contributed by atoms with E-state index in [-0.39, 0.29) is 11.8 Å². The molecule has 2 aromatic rings. The molecule has 3 atom stereocenters. The summed E-state index contributed by atoms with van der Waals surface area (Å²) in [6.45, 7) is 8.47. The van der Waals surface area contributed by atoms with Crippen LogP contribution in [0.15, 0.2) is 18.2 Å². The number of aromatic nitrogens is 2. The first kappa shape index (κ1) is 18.3. The molecule has 2 N–H and O–H groups in total. The van der Waals surface area contributed by atoms with Crippen molar-refractivity contribution in [2.45, 2.75) is 58.9 Å². The van der Waals surface area contributed by atoms with Crippen molar-refractivity contribution in [2.75, 3.05) is 18.0 Å². The number of hydrogen-bond acceptors (Lipinski definition) is 3. The predicted molar refractivity (Wildman–Crippen MR) is 110 cm³/mol. The lowest BCUT2D eigenvalue weighted by molar-refractivity contribution is -0.127. The van der Waals surface area contributed by atoms with Crippen LogP contribution in [0.5, 0.6) is 0 Å². The Bertz CT molecular complexity index is 806. The summed E-state index contributed by atoms with van der Waals surface area (Å²) < 4.78 is 0. The van der Waals surface area contributed by atoms with E-state index in [9.17, 15) is 4.79 Å². The highest BCUT2D eigenvalue weighted by Gasteiger charge is 2.32. The van der Waals surface area contributed by atoms with Crippen LogP contribution >= 0.6 is 0 Å². The smallest absolute Gasteiger partial charge is 0.223 e. The fourth-order valence-corrected chi connectivity index (χ4v) is 4.70. The van der Waals surface area contributed by atoms with Crippen molar-refractivity contribution in [3.05, 3.63) is 23.8 Å². The van der Waals surface area contributed by atoms with Gasteiger partial charge >= 0.3 is 0 Å². The predicted octanol–water partition coefficient (Wildman–Crippen LogP) is 4.03. The van der Waals surface area contributed by atoms with Gasteiger partial charge in [0.2, 0.25) is 11.9 Å². The Kier molecular flexibility index (Phi) is 5.11. The fraction of sp³-hybridized carbons (Fsp3) is 0.636. The molecule has 1 aliphatic heterocycles. The van der Waals surface area contributed by atoms with E-state index < -0.39 is 0 Å². The van der Waals surface area contributed by atoms with Gasteiger partial charge in [-0.3, -0.25) is 4.79 Å². The van der Waals surface area contributed by atoms with Crippen molar-refractivity contribution >= 4 is 22.9 Å². The highest BCUT2D eigenvalue weighted by Crippen LogP contribution is 2.30. The van der Waals surface area contributed by atoms with Gasteiger partial charge in [0, 0.05) is 25.0 Å². The summed E-state index contributed by atoms with van der Waals surface area (Å²) in [4.78, 5) is 23.2. The number of piperidine rings is 1. The quantitative estimate of drug-likeness (QED) is 0.860. The maximum Gasteiger partial charge on any atom is 0.223 e. The molecule has 2 heterocycles. The van der Waals surface area contributed by atoms with Crippen molar-refractivity contribution in [1.29, 1.82) is 0 Å². The highest BCUT2D eigenvalue weighted by molar-refractivity contribution is 5.80. The van der Waals surface area contributed by atoms with Gasteiger partial charge in [0.1, 0.15) is 0 Å². The van der Waals surface area contributed by atoms with Crippen molar-refractivity contribution in [2.24, 2.45) is 17.8 Å². The van der Waals surface area contributed by atoms with Crippen LogP contribution in [0.3, 0.4) is 0 Å². The minimum atomic E-state index is 0.136. The first-order chi connectivity index (χ1) is 13.0. The Morgan fingerprint density at radius 2 is 1.96 bits per heavy atom. The molecule has 27 heavy (non-hydrogen) atoms. The second-order valence-corrected chi connectivity index (χ2v) is 8.72. The second-order valence-electron chi connectivity index (χ2n) is 8.72.